The highest BCUT2D eigenvalue weighted by Gasteiger charge is 2.22. The summed E-state index contributed by atoms with van der Waals surface area (Å²) in [6.45, 7) is 10.2. The van der Waals surface area contributed by atoms with Gasteiger partial charge in [-0.25, -0.2) is 0 Å². The van der Waals surface area contributed by atoms with E-state index in [0.717, 1.165) is 43.9 Å². The number of aryl methyl sites for hydroxylation is 1. The molecule has 2 N–H and O–H groups in total. The lowest BCUT2D eigenvalue weighted by Gasteiger charge is -2.38. The zero-order valence-corrected chi connectivity index (χ0v) is 12.7. The van der Waals surface area contributed by atoms with E-state index in [0.29, 0.717) is 0 Å². The van der Waals surface area contributed by atoms with Crippen molar-refractivity contribution in [1.29, 1.82) is 0 Å². The Labute approximate surface area is 127 Å². The van der Waals surface area contributed by atoms with Crippen molar-refractivity contribution in [3.8, 4) is 0 Å². The van der Waals surface area contributed by atoms with Crippen molar-refractivity contribution in [1.82, 2.24) is 9.80 Å². The Bertz CT molecular complexity index is 595. The van der Waals surface area contributed by atoms with Crippen LogP contribution in [0.1, 0.15) is 18.1 Å². The van der Waals surface area contributed by atoms with Crippen LogP contribution in [0, 0.1) is 0 Å². The van der Waals surface area contributed by atoms with Gasteiger partial charge in [0.15, 0.2) is 0 Å². The van der Waals surface area contributed by atoms with Crippen LogP contribution >= 0.6 is 0 Å². The molecule has 1 saturated heterocycles. The van der Waals surface area contributed by atoms with Crippen LogP contribution in [0.3, 0.4) is 0 Å². The number of nitrogens with zero attached hydrogens (tertiary/aromatic N) is 2. The van der Waals surface area contributed by atoms with Crippen LogP contribution in [-0.2, 0) is 13.0 Å². The van der Waals surface area contributed by atoms with Crippen LogP contribution in [0.4, 0.5) is 0 Å². The van der Waals surface area contributed by atoms with E-state index in [1.807, 2.05) is 6.20 Å². The van der Waals surface area contributed by atoms with Crippen LogP contribution in [0.15, 0.2) is 60.1 Å². The molecule has 3 heteroatoms. The molecule has 21 heavy (non-hydrogen) atoms. The number of allylic oxidation sites excluding steroid dienone is 1. The molecule has 0 saturated carbocycles. The van der Waals surface area contributed by atoms with Gasteiger partial charge in [0.25, 0.3) is 0 Å². The monoisotopic (exact) mass is 281 g/mol. The Morgan fingerprint density at radius 3 is 2.57 bits per heavy atom. The highest BCUT2D eigenvalue weighted by atomic mass is 15.3. The lowest BCUT2D eigenvalue weighted by Crippen LogP contribution is -2.43. The highest BCUT2D eigenvalue weighted by molar-refractivity contribution is 5.42. The molecule has 0 spiro atoms. The van der Waals surface area contributed by atoms with Crippen LogP contribution in [-0.4, -0.2) is 29.4 Å². The maximum absolute atomic E-state index is 5.93. The minimum atomic E-state index is 0.780. The molecule has 3 nitrogen and oxygen atoms in total. The second-order valence-corrected chi connectivity index (χ2v) is 5.82. The molecule has 0 atom stereocenters. The first-order valence-electron chi connectivity index (χ1n) is 7.59. The Kier molecular flexibility index (Phi) is 3.84. The molecular weight excluding hydrogens is 258 g/mol. The average Bonchev–Trinajstić information content (AvgIpc) is 2.49. The van der Waals surface area contributed by atoms with Gasteiger partial charge in [0.1, 0.15) is 0 Å². The smallest absolute Gasteiger partial charge is 0.0547 e. The fourth-order valence-electron chi connectivity index (χ4n) is 2.88. The van der Waals surface area contributed by atoms with Crippen molar-refractivity contribution in [2.45, 2.75) is 19.9 Å². The summed E-state index contributed by atoms with van der Waals surface area (Å²) >= 11 is 0. The quantitative estimate of drug-likeness (QED) is 0.924. The summed E-state index contributed by atoms with van der Waals surface area (Å²) in [5, 5.41) is 0. The second-order valence-electron chi connectivity index (χ2n) is 5.82. The van der Waals surface area contributed by atoms with E-state index in [-0.39, 0.29) is 0 Å². The average molecular weight is 281 g/mol. The maximum Gasteiger partial charge on any atom is 0.0547 e. The van der Waals surface area contributed by atoms with Crippen molar-refractivity contribution in [3.63, 3.8) is 0 Å². The van der Waals surface area contributed by atoms with E-state index in [1.54, 1.807) is 0 Å². The van der Waals surface area contributed by atoms with E-state index in [4.69, 9.17) is 5.73 Å². The van der Waals surface area contributed by atoms with Gasteiger partial charge in [-0.15, -0.1) is 0 Å². The number of nitrogens with two attached hydrogens (primary N) is 1. The van der Waals surface area contributed by atoms with Gasteiger partial charge in [-0.05, 0) is 29.2 Å². The molecule has 1 fully saturated rings. The normalized spacial score (nSPS) is 19.1. The minimum Gasteiger partial charge on any atom is -0.397 e. The molecule has 1 aromatic rings. The van der Waals surface area contributed by atoms with Gasteiger partial charge >= 0.3 is 0 Å². The van der Waals surface area contributed by atoms with Crippen molar-refractivity contribution < 1.29 is 0 Å². The largest absolute Gasteiger partial charge is 0.397 e. The van der Waals surface area contributed by atoms with Crippen LogP contribution in [0.2, 0.25) is 0 Å². The van der Waals surface area contributed by atoms with Gasteiger partial charge in [0.05, 0.1) is 5.70 Å². The van der Waals surface area contributed by atoms with Gasteiger partial charge in [0.2, 0.25) is 0 Å². The van der Waals surface area contributed by atoms with Crippen molar-refractivity contribution in [2.75, 3.05) is 19.6 Å². The fourth-order valence-corrected chi connectivity index (χ4v) is 2.88. The zero-order valence-electron chi connectivity index (χ0n) is 12.7. The lowest BCUT2D eigenvalue weighted by atomic mass is 10.1. The van der Waals surface area contributed by atoms with Crippen LogP contribution in [0.5, 0.6) is 0 Å². The summed E-state index contributed by atoms with van der Waals surface area (Å²) in [6, 6.07) is 8.96. The van der Waals surface area contributed by atoms with E-state index in [2.05, 4.69) is 53.6 Å². The number of benzene rings is 1. The standard InChI is InChI=1S/C18H23N3/c1-3-15-4-6-16(7-5-15)11-20-8-9-21-13-18(19)14(2)10-17(21)12-20/h4-7,10,13H,2-3,8-9,11-12,19H2,1H3. The molecule has 0 radical (unpaired) electrons. The molecule has 2 aliphatic heterocycles. The molecule has 0 unspecified atom stereocenters. The van der Waals surface area contributed by atoms with Crippen LogP contribution in [0.25, 0.3) is 0 Å². The summed E-state index contributed by atoms with van der Waals surface area (Å²) in [5.41, 5.74) is 11.7. The second kappa shape index (κ2) is 5.78. The fraction of sp³-hybridized carbons (Fsp3) is 0.333. The Morgan fingerprint density at radius 1 is 1.14 bits per heavy atom. The van der Waals surface area contributed by atoms with Crippen molar-refractivity contribution in [2.24, 2.45) is 5.73 Å². The zero-order chi connectivity index (χ0) is 14.8. The molecule has 2 heterocycles. The number of fused-ring (bicyclic) bond motifs is 1. The first-order valence-corrected chi connectivity index (χ1v) is 7.59. The predicted molar refractivity (Wildman–Crippen MR) is 87.3 cm³/mol. The number of rotatable bonds is 3. The van der Waals surface area contributed by atoms with Gasteiger partial charge in [-0.1, -0.05) is 37.8 Å². The number of hydrogen-bond acceptors (Lipinski definition) is 3. The van der Waals surface area contributed by atoms with Gasteiger partial charge in [-0.3, -0.25) is 4.90 Å². The van der Waals surface area contributed by atoms with E-state index >= 15 is 0 Å². The van der Waals surface area contributed by atoms with Gasteiger partial charge < -0.3 is 10.6 Å². The number of hydrogen-bond donors (Lipinski definition) is 1. The van der Waals surface area contributed by atoms with E-state index in [1.165, 1.54) is 16.8 Å². The molecule has 1 aromatic carbocycles. The van der Waals surface area contributed by atoms with Gasteiger partial charge in [0, 0.05) is 38.1 Å². The molecule has 2 aliphatic rings. The summed E-state index contributed by atoms with van der Waals surface area (Å²) in [4.78, 5) is 4.73. The molecule has 0 bridgehead atoms. The maximum atomic E-state index is 5.93. The van der Waals surface area contributed by atoms with Gasteiger partial charge in [-0.2, -0.15) is 0 Å². The summed E-state index contributed by atoms with van der Waals surface area (Å²) in [6.07, 6.45) is 5.23. The third kappa shape index (κ3) is 3.03. The lowest BCUT2D eigenvalue weighted by molar-refractivity contribution is 0.200. The Hall–Kier alpha value is -2.00. The molecular formula is C18H23N3. The Morgan fingerprint density at radius 2 is 1.86 bits per heavy atom. The SMILES string of the molecule is C=C1C=C2CN(Cc3ccc(CC)cc3)CCN2C=C1N. The Balaban J connectivity index is 1.66. The van der Waals surface area contributed by atoms with E-state index < -0.39 is 0 Å². The minimum absolute atomic E-state index is 0.780. The van der Waals surface area contributed by atoms with E-state index in [9.17, 15) is 0 Å². The summed E-state index contributed by atoms with van der Waals surface area (Å²) in [7, 11) is 0. The highest BCUT2D eigenvalue weighted by Crippen LogP contribution is 2.23. The summed E-state index contributed by atoms with van der Waals surface area (Å²) < 4.78 is 0. The molecule has 3 rings (SSSR count). The first kappa shape index (κ1) is 14.0. The number of piperazine rings is 1. The molecule has 110 valence electrons. The van der Waals surface area contributed by atoms with Crippen molar-refractivity contribution in [3.05, 3.63) is 71.2 Å². The third-order valence-corrected chi connectivity index (χ3v) is 4.26. The van der Waals surface area contributed by atoms with Crippen LogP contribution < -0.4 is 5.73 Å². The molecule has 0 aromatic heterocycles. The summed E-state index contributed by atoms with van der Waals surface area (Å²) in [5.74, 6) is 0. The topological polar surface area (TPSA) is 32.5 Å². The first-order chi connectivity index (χ1) is 10.2. The molecule has 0 aliphatic carbocycles. The third-order valence-electron chi connectivity index (χ3n) is 4.26. The van der Waals surface area contributed by atoms with Crippen molar-refractivity contribution >= 4 is 0 Å². The predicted octanol–water partition coefficient (Wildman–Crippen LogP) is 2.62. The molecule has 0 amide bonds.